The fourth-order valence-electron chi connectivity index (χ4n) is 6.85. The summed E-state index contributed by atoms with van der Waals surface area (Å²) in [4.78, 5) is 39.3. The van der Waals surface area contributed by atoms with Gasteiger partial charge in [0.25, 0.3) is 0 Å². The molecule has 2 fully saturated rings. The van der Waals surface area contributed by atoms with Crippen LogP contribution in [-0.4, -0.2) is 113 Å². The van der Waals surface area contributed by atoms with Crippen LogP contribution in [0.25, 0.3) is 0 Å². The lowest BCUT2D eigenvalue weighted by molar-refractivity contribution is -0.150. The molecule has 284 valence electrons. The molecular weight excluding hydrogens is 644 g/mol. The molecule has 11 atom stereocenters. The second-order valence-corrected chi connectivity index (χ2v) is 15.2. The van der Waals surface area contributed by atoms with Crippen molar-refractivity contribution in [2.45, 2.75) is 141 Å². The molecule has 0 saturated carbocycles. The van der Waals surface area contributed by atoms with Crippen LogP contribution in [0.2, 0.25) is 0 Å². The van der Waals surface area contributed by atoms with E-state index in [1.54, 1.807) is 31.1 Å². The first-order chi connectivity index (χ1) is 23.5. The summed E-state index contributed by atoms with van der Waals surface area (Å²) in [5.74, 6) is -1.49. The van der Waals surface area contributed by atoms with Gasteiger partial charge in [0.15, 0.2) is 6.10 Å². The largest absolute Gasteiger partial charge is 0.481 e. The minimum absolute atomic E-state index is 0.00490. The number of hydrogen-bond acceptors (Lipinski definition) is 10. The number of nitrogens with zero attached hydrogens (tertiary/aromatic N) is 1. The van der Waals surface area contributed by atoms with Gasteiger partial charge in [-0.2, -0.15) is 0 Å². The van der Waals surface area contributed by atoms with E-state index in [0.29, 0.717) is 51.7 Å². The molecule has 3 aliphatic heterocycles. The van der Waals surface area contributed by atoms with Gasteiger partial charge in [-0.1, -0.05) is 52.0 Å². The number of carbonyl (C=O) groups is 3. The SMILES string of the molecule is CC[C@H](O)[C@@H](C)[C@H]1O[C@@H]1C[C@@](C)(O)/C=C/C=C(\C)[C@H]1OC(=O)C[C@H](C)CC[C@@](C)(OC)[C@@H](OC(=O)N2CCNC(CCC(=O)O)C2)/C=C/[C@@H]1C. The van der Waals surface area contributed by atoms with E-state index in [4.69, 9.17) is 24.1 Å². The van der Waals surface area contributed by atoms with Gasteiger partial charge in [-0.25, -0.2) is 4.79 Å². The van der Waals surface area contributed by atoms with Gasteiger partial charge >= 0.3 is 18.0 Å². The molecule has 0 aliphatic carbocycles. The van der Waals surface area contributed by atoms with E-state index in [9.17, 15) is 24.6 Å². The van der Waals surface area contributed by atoms with Gasteiger partial charge in [-0.3, -0.25) is 9.59 Å². The standard InChI is InChI=1S/C38H62N2O10/c1-9-29(41)27(5)35-30(48-35)22-37(6,46)17-10-11-25(3)34-26(4)12-14-31(38(7,47-8)18-16-24(2)21-33(44)50-34)49-36(45)40-20-19-39-28(23-40)13-15-32(42)43/h10-12,14,17,24,26-31,34-35,39,41,46H,9,13,15-16,18-23H2,1-8H3,(H,42,43)/b14-12+,17-10+,25-11+/t24-,26+,27-,28?,29+,30-,31+,34-,35-,37+,38-/m1/s1. The van der Waals surface area contributed by atoms with Gasteiger partial charge in [0.1, 0.15) is 11.7 Å². The van der Waals surface area contributed by atoms with Crippen LogP contribution in [0.5, 0.6) is 0 Å². The number of carbonyl (C=O) groups excluding carboxylic acids is 2. The average molecular weight is 707 g/mol. The summed E-state index contributed by atoms with van der Waals surface area (Å²) in [5, 5.41) is 33.6. The molecule has 12 heteroatoms. The minimum Gasteiger partial charge on any atom is -0.481 e. The third kappa shape index (κ3) is 12.5. The highest BCUT2D eigenvalue weighted by Crippen LogP contribution is 2.38. The molecule has 3 heterocycles. The first-order valence-corrected chi connectivity index (χ1v) is 18.2. The van der Waals surface area contributed by atoms with Crippen molar-refractivity contribution in [1.82, 2.24) is 10.2 Å². The molecule has 0 bridgehead atoms. The molecule has 0 aromatic carbocycles. The number of cyclic esters (lactones) is 1. The summed E-state index contributed by atoms with van der Waals surface area (Å²) in [6.07, 6.45) is 9.40. The second-order valence-electron chi connectivity index (χ2n) is 15.2. The fraction of sp³-hybridized carbons (Fsp3) is 0.763. The Kier molecular flexibility index (Phi) is 15.5. The van der Waals surface area contributed by atoms with Crippen LogP contribution < -0.4 is 5.32 Å². The molecule has 12 nitrogen and oxygen atoms in total. The van der Waals surface area contributed by atoms with E-state index in [1.165, 1.54) is 0 Å². The number of amides is 1. The first kappa shape index (κ1) is 41.6. The Bertz CT molecular complexity index is 1230. The molecule has 3 rings (SSSR count). The zero-order chi connectivity index (χ0) is 37.2. The monoisotopic (exact) mass is 706 g/mol. The van der Waals surface area contributed by atoms with Crippen molar-refractivity contribution in [3.05, 3.63) is 36.0 Å². The molecule has 50 heavy (non-hydrogen) atoms. The molecular formula is C38H62N2O10. The van der Waals surface area contributed by atoms with Crippen LogP contribution in [0.1, 0.15) is 93.4 Å². The summed E-state index contributed by atoms with van der Waals surface area (Å²) < 4.78 is 24.0. The van der Waals surface area contributed by atoms with Crippen LogP contribution in [0, 0.1) is 17.8 Å². The molecule has 2 saturated heterocycles. The summed E-state index contributed by atoms with van der Waals surface area (Å²) >= 11 is 0. The van der Waals surface area contributed by atoms with Gasteiger partial charge in [-0.05, 0) is 64.0 Å². The van der Waals surface area contributed by atoms with Crippen molar-refractivity contribution < 1.29 is 48.7 Å². The van der Waals surface area contributed by atoms with E-state index in [-0.39, 0.29) is 54.8 Å². The highest BCUT2D eigenvalue weighted by atomic mass is 16.6. The lowest BCUT2D eigenvalue weighted by Gasteiger charge is -2.38. The Labute approximate surface area is 298 Å². The number of methoxy groups -OCH3 is 1. The van der Waals surface area contributed by atoms with E-state index in [0.717, 1.165) is 5.57 Å². The predicted octanol–water partition coefficient (Wildman–Crippen LogP) is 4.78. The number of piperazine rings is 1. The third-order valence-electron chi connectivity index (χ3n) is 10.5. The molecule has 1 amide bonds. The van der Waals surface area contributed by atoms with Crippen molar-refractivity contribution in [2.75, 3.05) is 26.7 Å². The highest BCUT2D eigenvalue weighted by Gasteiger charge is 2.47. The average Bonchev–Trinajstić information content (AvgIpc) is 3.83. The molecule has 0 spiro atoms. The number of ether oxygens (including phenoxy) is 4. The highest BCUT2D eigenvalue weighted by molar-refractivity contribution is 5.70. The quantitative estimate of drug-likeness (QED) is 0.0901. The summed E-state index contributed by atoms with van der Waals surface area (Å²) in [6.45, 7) is 14.7. The predicted molar refractivity (Wildman–Crippen MR) is 189 cm³/mol. The summed E-state index contributed by atoms with van der Waals surface area (Å²) in [7, 11) is 1.59. The fourth-order valence-corrected chi connectivity index (χ4v) is 6.85. The Morgan fingerprint density at radius 2 is 2.00 bits per heavy atom. The van der Waals surface area contributed by atoms with E-state index < -0.39 is 41.6 Å². The lowest BCUT2D eigenvalue weighted by atomic mass is 9.86. The van der Waals surface area contributed by atoms with Crippen molar-refractivity contribution >= 4 is 18.0 Å². The maximum atomic E-state index is 13.5. The summed E-state index contributed by atoms with van der Waals surface area (Å²) in [5.41, 5.74) is -1.23. The molecule has 3 aliphatic rings. The van der Waals surface area contributed by atoms with Crippen LogP contribution in [0.4, 0.5) is 4.79 Å². The van der Waals surface area contributed by atoms with Gasteiger partial charge in [-0.15, -0.1) is 0 Å². The number of aliphatic hydroxyl groups excluding tert-OH is 1. The number of esters is 1. The normalized spacial score (nSPS) is 34.4. The minimum atomic E-state index is -1.14. The van der Waals surface area contributed by atoms with Crippen molar-refractivity contribution in [2.24, 2.45) is 17.8 Å². The maximum Gasteiger partial charge on any atom is 0.410 e. The summed E-state index contributed by atoms with van der Waals surface area (Å²) in [6, 6.07) is -0.139. The van der Waals surface area contributed by atoms with Gasteiger partial charge in [0.05, 0.1) is 23.9 Å². The van der Waals surface area contributed by atoms with Crippen LogP contribution in [-0.2, 0) is 28.5 Å². The van der Waals surface area contributed by atoms with Crippen LogP contribution >= 0.6 is 0 Å². The number of epoxide rings is 1. The van der Waals surface area contributed by atoms with E-state index in [2.05, 4.69) is 5.32 Å². The zero-order valence-electron chi connectivity index (χ0n) is 31.3. The Morgan fingerprint density at radius 3 is 2.66 bits per heavy atom. The van der Waals surface area contributed by atoms with Gasteiger partial charge in [0, 0.05) is 63.9 Å². The second kappa shape index (κ2) is 18.6. The first-order valence-electron chi connectivity index (χ1n) is 18.2. The molecule has 4 N–H and O–H groups in total. The smallest absolute Gasteiger partial charge is 0.410 e. The van der Waals surface area contributed by atoms with Crippen molar-refractivity contribution in [1.29, 1.82) is 0 Å². The van der Waals surface area contributed by atoms with E-state index >= 15 is 0 Å². The molecule has 1 unspecified atom stereocenters. The zero-order valence-corrected chi connectivity index (χ0v) is 31.3. The Hall–Kier alpha value is -2.77. The number of hydrogen-bond donors (Lipinski definition) is 4. The number of carboxylic acids is 1. The Balaban J connectivity index is 1.77. The number of aliphatic carboxylic acids is 1. The molecule has 0 aromatic rings. The number of carboxylic acid groups (broad SMARTS) is 1. The number of rotatable bonds is 13. The number of aliphatic hydroxyl groups is 2. The van der Waals surface area contributed by atoms with Crippen molar-refractivity contribution in [3.8, 4) is 0 Å². The topological polar surface area (TPSA) is 167 Å². The maximum absolute atomic E-state index is 13.5. The van der Waals surface area contributed by atoms with Crippen LogP contribution in [0.15, 0.2) is 36.0 Å². The number of nitrogens with one attached hydrogen (secondary N) is 1. The lowest BCUT2D eigenvalue weighted by Crippen LogP contribution is -2.54. The molecule has 0 aromatic heterocycles. The Morgan fingerprint density at radius 1 is 1.28 bits per heavy atom. The molecule has 0 radical (unpaired) electrons. The van der Waals surface area contributed by atoms with Crippen LogP contribution in [0.3, 0.4) is 0 Å². The van der Waals surface area contributed by atoms with E-state index in [1.807, 2.05) is 59.8 Å². The third-order valence-corrected chi connectivity index (χ3v) is 10.5. The number of allylic oxidation sites excluding steroid dienone is 2. The van der Waals surface area contributed by atoms with Gasteiger partial charge < -0.3 is 44.5 Å². The van der Waals surface area contributed by atoms with Gasteiger partial charge in [0.2, 0.25) is 0 Å². The van der Waals surface area contributed by atoms with Crippen molar-refractivity contribution in [3.63, 3.8) is 0 Å².